The first-order valence-electron chi connectivity index (χ1n) is 4.07. The van der Waals surface area contributed by atoms with Crippen molar-refractivity contribution in [1.29, 1.82) is 0 Å². The van der Waals surface area contributed by atoms with Crippen molar-refractivity contribution < 1.29 is 13.9 Å². The second-order valence-corrected chi connectivity index (χ2v) is 3.83. The van der Waals surface area contributed by atoms with Crippen molar-refractivity contribution in [1.82, 2.24) is 0 Å². The first kappa shape index (κ1) is 11.4. The normalized spacial score (nSPS) is 12.6. The summed E-state index contributed by atoms with van der Waals surface area (Å²) in [7, 11) is 0. The van der Waals surface area contributed by atoms with Crippen LogP contribution in [0, 0.1) is 11.6 Å². The van der Waals surface area contributed by atoms with Gasteiger partial charge in [0.1, 0.15) is 11.6 Å². The van der Waals surface area contributed by atoms with Crippen molar-refractivity contribution in [3.63, 3.8) is 0 Å². The molecular formula is C9H10BrF2NO. The monoisotopic (exact) mass is 265 g/mol. The number of halogens is 3. The van der Waals surface area contributed by atoms with Crippen molar-refractivity contribution in [2.45, 2.75) is 13.0 Å². The topological polar surface area (TPSA) is 32.3 Å². The predicted octanol–water partition coefficient (Wildman–Crippen LogP) is 2.52. The molecule has 0 aliphatic heterocycles. The summed E-state index contributed by atoms with van der Waals surface area (Å²) in [6, 6.07) is 2.08. The Kier molecular flexibility index (Phi) is 3.83. The average Bonchev–Trinajstić information content (AvgIpc) is 2.09. The summed E-state index contributed by atoms with van der Waals surface area (Å²) in [6.45, 7) is 1.79. The third kappa shape index (κ3) is 2.92. The SMILES string of the molecule is C[C@@H](O)CNc1cc(Br)c(F)cc1F. The quantitative estimate of drug-likeness (QED) is 0.824. The standard InChI is InChI=1S/C9H10BrF2NO/c1-5(14)4-13-9-2-6(10)7(11)3-8(9)12/h2-3,5,13-14H,4H2,1H3/t5-/m1/s1. The van der Waals surface area contributed by atoms with Crippen LogP contribution >= 0.6 is 15.9 Å². The summed E-state index contributed by atoms with van der Waals surface area (Å²) in [5.74, 6) is -1.32. The van der Waals surface area contributed by atoms with Crippen molar-refractivity contribution in [3.8, 4) is 0 Å². The number of aliphatic hydroxyl groups is 1. The largest absolute Gasteiger partial charge is 0.392 e. The molecule has 1 rings (SSSR count). The van der Waals surface area contributed by atoms with Crippen LogP contribution in [0.1, 0.15) is 6.92 Å². The molecule has 0 unspecified atom stereocenters. The molecule has 0 spiro atoms. The van der Waals surface area contributed by atoms with Crippen molar-refractivity contribution in [2.75, 3.05) is 11.9 Å². The van der Waals surface area contributed by atoms with Crippen LogP contribution in [0.15, 0.2) is 16.6 Å². The Labute approximate surface area is 89.1 Å². The molecule has 0 radical (unpaired) electrons. The molecule has 14 heavy (non-hydrogen) atoms. The fourth-order valence-electron chi connectivity index (χ4n) is 0.916. The third-order valence-corrected chi connectivity index (χ3v) is 2.21. The van der Waals surface area contributed by atoms with Gasteiger partial charge < -0.3 is 10.4 Å². The van der Waals surface area contributed by atoms with E-state index in [0.717, 1.165) is 6.07 Å². The molecule has 0 fully saturated rings. The minimum absolute atomic E-state index is 0.166. The van der Waals surface area contributed by atoms with Gasteiger partial charge in [0.25, 0.3) is 0 Å². The van der Waals surface area contributed by atoms with E-state index in [1.807, 2.05) is 0 Å². The van der Waals surface area contributed by atoms with Gasteiger partial charge >= 0.3 is 0 Å². The van der Waals surface area contributed by atoms with Gasteiger partial charge in [0.2, 0.25) is 0 Å². The van der Waals surface area contributed by atoms with Crippen LogP contribution in [0.2, 0.25) is 0 Å². The van der Waals surface area contributed by atoms with E-state index in [2.05, 4.69) is 21.2 Å². The van der Waals surface area contributed by atoms with E-state index in [9.17, 15) is 8.78 Å². The zero-order valence-electron chi connectivity index (χ0n) is 7.52. The summed E-state index contributed by atoms with van der Waals surface area (Å²) in [4.78, 5) is 0. The van der Waals surface area contributed by atoms with E-state index in [-0.39, 0.29) is 16.7 Å². The van der Waals surface area contributed by atoms with Crippen molar-refractivity contribution in [2.24, 2.45) is 0 Å². The molecular weight excluding hydrogens is 256 g/mol. The molecule has 0 amide bonds. The minimum atomic E-state index is -0.675. The van der Waals surface area contributed by atoms with E-state index >= 15 is 0 Å². The fraction of sp³-hybridized carbons (Fsp3) is 0.333. The molecule has 0 aromatic heterocycles. The Morgan fingerprint density at radius 1 is 1.43 bits per heavy atom. The van der Waals surface area contributed by atoms with E-state index in [1.54, 1.807) is 6.92 Å². The maximum atomic E-state index is 13.1. The average molecular weight is 266 g/mol. The lowest BCUT2D eigenvalue weighted by molar-refractivity contribution is 0.208. The molecule has 0 heterocycles. The lowest BCUT2D eigenvalue weighted by Gasteiger charge is -2.09. The first-order valence-corrected chi connectivity index (χ1v) is 4.86. The predicted molar refractivity (Wildman–Crippen MR) is 54.2 cm³/mol. The van der Waals surface area contributed by atoms with Crippen LogP contribution in [0.4, 0.5) is 14.5 Å². The van der Waals surface area contributed by atoms with Gasteiger partial charge in [-0.05, 0) is 28.9 Å². The molecule has 1 aromatic rings. The summed E-state index contributed by atoms with van der Waals surface area (Å²) >= 11 is 2.94. The van der Waals surface area contributed by atoms with Crippen LogP contribution in [0.5, 0.6) is 0 Å². The highest BCUT2D eigenvalue weighted by molar-refractivity contribution is 9.10. The second-order valence-electron chi connectivity index (χ2n) is 2.98. The Morgan fingerprint density at radius 3 is 2.64 bits per heavy atom. The van der Waals surface area contributed by atoms with Gasteiger partial charge in [0.15, 0.2) is 0 Å². The smallest absolute Gasteiger partial charge is 0.149 e. The number of benzene rings is 1. The highest BCUT2D eigenvalue weighted by Gasteiger charge is 2.08. The second kappa shape index (κ2) is 4.70. The van der Waals surface area contributed by atoms with Gasteiger partial charge in [-0.1, -0.05) is 0 Å². The first-order chi connectivity index (χ1) is 6.50. The third-order valence-electron chi connectivity index (χ3n) is 1.60. The molecule has 0 aliphatic rings. The molecule has 0 bridgehead atoms. The van der Waals surface area contributed by atoms with Crippen LogP contribution in [-0.2, 0) is 0 Å². The van der Waals surface area contributed by atoms with E-state index in [1.165, 1.54) is 6.07 Å². The van der Waals surface area contributed by atoms with Crippen LogP contribution in [0.25, 0.3) is 0 Å². The lowest BCUT2D eigenvalue weighted by atomic mass is 10.3. The summed E-state index contributed by atoms with van der Waals surface area (Å²) in [6.07, 6.45) is -0.585. The lowest BCUT2D eigenvalue weighted by Crippen LogP contribution is -2.16. The van der Waals surface area contributed by atoms with Crippen molar-refractivity contribution in [3.05, 3.63) is 28.2 Å². The minimum Gasteiger partial charge on any atom is -0.392 e. The van der Waals surface area contributed by atoms with Gasteiger partial charge in [-0.25, -0.2) is 8.78 Å². The summed E-state index contributed by atoms with van der Waals surface area (Å²) < 4.78 is 26.1. The molecule has 1 atom stereocenters. The van der Waals surface area contributed by atoms with Crippen LogP contribution < -0.4 is 5.32 Å². The summed E-state index contributed by atoms with van der Waals surface area (Å²) in [5.41, 5.74) is 0.166. The maximum absolute atomic E-state index is 13.1. The van der Waals surface area contributed by atoms with E-state index in [4.69, 9.17) is 5.11 Å². The Bertz CT molecular complexity index is 331. The number of nitrogens with one attached hydrogen (secondary N) is 1. The van der Waals surface area contributed by atoms with Gasteiger partial charge in [0, 0.05) is 12.6 Å². The number of anilines is 1. The Balaban J connectivity index is 2.82. The van der Waals surface area contributed by atoms with Gasteiger partial charge in [-0.15, -0.1) is 0 Å². The number of hydrogen-bond donors (Lipinski definition) is 2. The Morgan fingerprint density at radius 2 is 2.07 bits per heavy atom. The van der Waals surface area contributed by atoms with E-state index < -0.39 is 17.7 Å². The maximum Gasteiger partial charge on any atom is 0.149 e. The molecule has 5 heteroatoms. The molecule has 0 saturated heterocycles. The molecule has 78 valence electrons. The van der Waals surface area contributed by atoms with Crippen molar-refractivity contribution >= 4 is 21.6 Å². The molecule has 0 saturated carbocycles. The number of rotatable bonds is 3. The van der Waals surface area contributed by atoms with Crippen LogP contribution in [0.3, 0.4) is 0 Å². The molecule has 0 aliphatic carbocycles. The molecule has 2 nitrogen and oxygen atoms in total. The Hall–Kier alpha value is -0.680. The van der Waals surface area contributed by atoms with Crippen LogP contribution in [-0.4, -0.2) is 17.8 Å². The highest BCUT2D eigenvalue weighted by Crippen LogP contribution is 2.23. The number of hydrogen-bond acceptors (Lipinski definition) is 2. The highest BCUT2D eigenvalue weighted by atomic mass is 79.9. The molecule has 2 N–H and O–H groups in total. The van der Waals surface area contributed by atoms with E-state index in [0.29, 0.717) is 0 Å². The zero-order chi connectivity index (χ0) is 10.7. The zero-order valence-corrected chi connectivity index (χ0v) is 9.11. The fourth-order valence-corrected chi connectivity index (χ4v) is 1.26. The number of aliphatic hydroxyl groups excluding tert-OH is 1. The molecule has 1 aromatic carbocycles. The van der Waals surface area contributed by atoms with Gasteiger partial charge in [-0.2, -0.15) is 0 Å². The van der Waals surface area contributed by atoms with Gasteiger partial charge in [-0.3, -0.25) is 0 Å². The summed E-state index contributed by atoms with van der Waals surface area (Å²) in [5, 5.41) is 11.6. The van der Waals surface area contributed by atoms with Gasteiger partial charge in [0.05, 0.1) is 16.3 Å².